The van der Waals surface area contributed by atoms with Gasteiger partial charge < -0.3 is 5.73 Å². The number of hydrogen-bond donors (Lipinski definition) is 1. The Morgan fingerprint density at radius 2 is 1.90 bits per heavy atom. The van der Waals surface area contributed by atoms with Crippen LogP contribution in [0.4, 0.5) is 0 Å². The highest BCUT2D eigenvalue weighted by Crippen LogP contribution is 2.34. The van der Waals surface area contributed by atoms with Crippen LogP contribution in [0.15, 0.2) is 57.8 Å². The molecule has 0 radical (unpaired) electrons. The van der Waals surface area contributed by atoms with Gasteiger partial charge in [0.05, 0.1) is 10.2 Å². The molecule has 0 aliphatic heterocycles. The number of thiazole rings is 1. The quantitative estimate of drug-likeness (QED) is 0.740. The van der Waals surface area contributed by atoms with Crippen LogP contribution in [-0.2, 0) is 6.42 Å². The molecule has 1 heterocycles. The molecule has 3 rings (SSSR count). The van der Waals surface area contributed by atoms with Crippen LogP contribution in [0.25, 0.3) is 10.2 Å². The second-order valence-electron chi connectivity index (χ2n) is 5.07. The van der Waals surface area contributed by atoms with Crippen LogP contribution in [-0.4, -0.2) is 11.0 Å². The molecule has 1 unspecified atom stereocenters. The lowest BCUT2D eigenvalue weighted by atomic mass is 10.1. The maximum atomic E-state index is 6.00. The van der Waals surface area contributed by atoms with Crippen LogP contribution in [0, 0.1) is 0 Å². The third-order valence-corrected chi connectivity index (χ3v) is 5.53. The summed E-state index contributed by atoms with van der Waals surface area (Å²) < 4.78 is 2.33. The molecule has 1 atom stereocenters. The van der Waals surface area contributed by atoms with E-state index in [4.69, 9.17) is 5.73 Å². The Labute approximate surface area is 133 Å². The fraction of sp³-hybridized carbons (Fsp3) is 0.235. The molecular formula is C17H18N2S2. The minimum atomic E-state index is 0.257. The van der Waals surface area contributed by atoms with Gasteiger partial charge in [-0.15, -0.1) is 11.3 Å². The van der Waals surface area contributed by atoms with E-state index in [1.807, 2.05) is 6.07 Å². The molecule has 0 aliphatic carbocycles. The van der Waals surface area contributed by atoms with Crippen molar-refractivity contribution in [2.75, 3.05) is 0 Å². The Balaban J connectivity index is 1.72. The molecule has 4 heteroatoms. The van der Waals surface area contributed by atoms with E-state index >= 15 is 0 Å². The Morgan fingerprint density at radius 3 is 2.62 bits per heavy atom. The molecule has 1 aromatic heterocycles. The summed E-state index contributed by atoms with van der Waals surface area (Å²) in [5, 5.41) is 0. The van der Waals surface area contributed by atoms with Gasteiger partial charge in [0.25, 0.3) is 0 Å². The summed E-state index contributed by atoms with van der Waals surface area (Å²) in [6.45, 7) is 2.13. The SMILES string of the molecule is CCC(N)Cc1ccc(Sc2nc3ccccc3s2)cc1. The van der Waals surface area contributed by atoms with E-state index < -0.39 is 0 Å². The molecule has 0 spiro atoms. The van der Waals surface area contributed by atoms with Gasteiger partial charge in [-0.05, 0) is 42.7 Å². The van der Waals surface area contributed by atoms with E-state index in [2.05, 4.69) is 54.4 Å². The third-order valence-electron chi connectivity index (χ3n) is 3.43. The lowest BCUT2D eigenvalue weighted by molar-refractivity contribution is 0.646. The monoisotopic (exact) mass is 314 g/mol. The normalized spacial score (nSPS) is 12.7. The zero-order valence-electron chi connectivity index (χ0n) is 12.0. The van der Waals surface area contributed by atoms with Gasteiger partial charge in [0.2, 0.25) is 0 Å². The molecule has 2 nitrogen and oxygen atoms in total. The van der Waals surface area contributed by atoms with Gasteiger partial charge in [0, 0.05) is 10.9 Å². The van der Waals surface area contributed by atoms with E-state index in [0.29, 0.717) is 0 Å². The fourth-order valence-electron chi connectivity index (χ4n) is 2.14. The van der Waals surface area contributed by atoms with Crippen LogP contribution < -0.4 is 5.73 Å². The number of aromatic nitrogens is 1. The van der Waals surface area contributed by atoms with Crippen LogP contribution in [0.1, 0.15) is 18.9 Å². The summed E-state index contributed by atoms with van der Waals surface area (Å²) in [5.74, 6) is 0. The summed E-state index contributed by atoms with van der Waals surface area (Å²) >= 11 is 3.47. The Kier molecular flexibility index (Phi) is 4.58. The Bertz CT molecular complexity index is 686. The van der Waals surface area contributed by atoms with Crippen molar-refractivity contribution in [1.82, 2.24) is 4.98 Å². The number of nitrogens with two attached hydrogens (primary N) is 1. The van der Waals surface area contributed by atoms with Gasteiger partial charge in [-0.3, -0.25) is 0 Å². The predicted molar refractivity (Wildman–Crippen MR) is 92.2 cm³/mol. The van der Waals surface area contributed by atoms with Gasteiger partial charge in [-0.1, -0.05) is 43.0 Å². The highest BCUT2D eigenvalue weighted by Gasteiger charge is 2.06. The highest BCUT2D eigenvalue weighted by molar-refractivity contribution is 8.01. The lowest BCUT2D eigenvalue weighted by Gasteiger charge is -2.08. The van der Waals surface area contributed by atoms with E-state index in [0.717, 1.165) is 22.7 Å². The number of nitrogens with zero attached hydrogens (tertiary/aromatic N) is 1. The number of para-hydroxylation sites is 1. The lowest BCUT2D eigenvalue weighted by Crippen LogP contribution is -2.21. The number of benzene rings is 2. The molecule has 0 fully saturated rings. The zero-order valence-corrected chi connectivity index (χ0v) is 13.6. The molecule has 21 heavy (non-hydrogen) atoms. The third kappa shape index (κ3) is 3.64. The largest absolute Gasteiger partial charge is 0.327 e. The first-order valence-electron chi connectivity index (χ1n) is 7.12. The van der Waals surface area contributed by atoms with Crippen molar-refractivity contribution in [2.45, 2.75) is 35.0 Å². The minimum absolute atomic E-state index is 0.257. The van der Waals surface area contributed by atoms with Crippen LogP contribution in [0.3, 0.4) is 0 Å². The molecule has 2 N–H and O–H groups in total. The molecule has 0 aliphatic rings. The van der Waals surface area contributed by atoms with E-state index in [1.165, 1.54) is 15.2 Å². The minimum Gasteiger partial charge on any atom is -0.327 e. The summed E-state index contributed by atoms with van der Waals surface area (Å²) in [6.07, 6.45) is 1.96. The maximum absolute atomic E-state index is 6.00. The maximum Gasteiger partial charge on any atom is 0.155 e. The van der Waals surface area contributed by atoms with Crippen LogP contribution in [0.2, 0.25) is 0 Å². The Morgan fingerprint density at radius 1 is 1.14 bits per heavy atom. The van der Waals surface area contributed by atoms with E-state index in [1.54, 1.807) is 23.1 Å². The first-order chi connectivity index (χ1) is 10.2. The van der Waals surface area contributed by atoms with Crippen LogP contribution in [0.5, 0.6) is 0 Å². The van der Waals surface area contributed by atoms with Crippen molar-refractivity contribution >= 4 is 33.3 Å². The summed E-state index contributed by atoms with van der Waals surface area (Å²) in [6, 6.07) is 17.2. The first-order valence-corrected chi connectivity index (χ1v) is 8.76. The van der Waals surface area contributed by atoms with Gasteiger partial charge in [-0.25, -0.2) is 4.98 Å². The van der Waals surface area contributed by atoms with Gasteiger partial charge in [0.15, 0.2) is 4.34 Å². The average molecular weight is 314 g/mol. The second-order valence-corrected chi connectivity index (χ2v) is 7.42. The first kappa shape index (κ1) is 14.6. The standard InChI is InChI=1S/C17H18N2S2/c1-2-13(18)11-12-7-9-14(10-8-12)20-17-19-15-5-3-4-6-16(15)21-17/h3-10,13H,2,11,18H2,1H3. The zero-order chi connectivity index (χ0) is 14.7. The average Bonchev–Trinajstić information content (AvgIpc) is 2.91. The van der Waals surface area contributed by atoms with Crippen molar-refractivity contribution in [2.24, 2.45) is 5.73 Å². The summed E-state index contributed by atoms with van der Waals surface area (Å²) in [5.41, 5.74) is 8.38. The topological polar surface area (TPSA) is 38.9 Å². The van der Waals surface area contributed by atoms with Crippen molar-refractivity contribution in [3.05, 3.63) is 54.1 Å². The number of rotatable bonds is 5. The van der Waals surface area contributed by atoms with Gasteiger partial charge in [0.1, 0.15) is 0 Å². The molecule has 108 valence electrons. The van der Waals surface area contributed by atoms with Gasteiger partial charge >= 0.3 is 0 Å². The van der Waals surface area contributed by atoms with E-state index in [9.17, 15) is 0 Å². The van der Waals surface area contributed by atoms with E-state index in [-0.39, 0.29) is 6.04 Å². The fourth-order valence-corrected chi connectivity index (χ4v) is 4.18. The number of hydrogen-bond acceptors (Lipinski definition) is 4. The Hall–Kier alpha value is -1.36. The molecule has 3 aromatic rings. The molecule has 0 bridgehead atoms. The highest BCUT2D eigenvalue weighted by atomic mass is 32.2. The van der Waals surface area contributed by atoms with Crippen molar-refractivity contribution in [1.29, 1.82) is 0 Å². The van der Waals surface area contributed by atoms with Crippen molar-refractivity contribution in [3.8, 4) is 0 Å². The summed E-state index contributed by atoms with van der Waals surface area (Å²) in [4.78, 5) is 5.88. The summed E-state index contributed by atoms with van der Waals surface area (Å²) in [7, 11) is 0. The molecule has 0 saturated heterocycles. The van der Waals surface area contributed by atoms with Crippen molar-refractivity contribution < 1.29 is 0 Å². The second kappa shape index (κ2) is 6.60. The molecule has 0 amide bonds. The number of fused-ring (bicyclic) bond motifs is 1. The molecule has 0 saturated carbocycles. The van der Waals surface area contributed by atoms with Crippen LogP contribution >= 0.6 is 23.1 Å². The smallest absolute Gasteiger partial charge is 0.155 e. The molecular weight excluding hydrogens is 296 g/mol. The molecule has 2 aromatic carbocycles. The predicted octanol–water partition coefficient (Wildman–Crippen LogP) is 4.73. The van der Waals surface area contributed by atoms with Gasteiger partial charge in [-0.2, -0.15) is 0 Å². The van der Waals surface area contributed by atoms with Crippen molar-refractivity contribution in [3.63, 3.8) is 0 Å².